The molecule has 1 aliphatic rings. The first-order chi connectivity index (χ1) is 10.7. The average molecular weight is 294 g/mol. The molecule has 1 aromatic carbocycles. The molecule has 0 fully saturated rings. The van der Waals surface area contributed by atoms with Crippen molar-refractivity contribution < 1.29 is 4.79 Å². The summed E-state index contributed by atoms with van der Waals surface area (Å²) in [4.78, 5) is 26.5. The Morgan fingerprint density at radius 3 is 2.95 bits per heavy atom. The van der Waals surface area contributed by atoms with Crippen LogP contribution in [0.2, 0.25) is 0 Å². The predicted molar refractivity (Wildman–Crippen MR) is 82.0 cm³/mol. The van der Waals surface area contributed by atoms with Gasteiger partial charge in [-0.15, -0.1) is 0 Å². The second-order valence-electron chi connectivity index (χ2n) is 5.32. The van der Waals surface area contributed by atoms with Crippen molar-refractivity contribution >= 4 is 17.1 Å². The van der Waals surface area contributed by atoms with Crippen molar-refractivity contribution in [3.05, 3.63) is 64.8 Å². The number of benzene rings is 1. The van der Waals surface area contributed by atoms with Crippen LogP contribution in [0.25, 0.3) is 5.52 Å². The quantitative estimate of drug-likeness (QED) is 0.711. The van der Waals surface area contributed by atoms with E-state index in [1.807, 2.05) is 24.3 Å². The number of anilines is 1. The summed E-state index contributed by atoms with van der Waals surface area (Å²) in [7, 11) is 0. The van der Waals surface area contributed by atoms with Gasteiger partial charge >= 0.3 is 0 Å². The van der Waals surface area contributed by atoms with E-state index < -0.39 is 0 Å². The van der Waals surface area contributed by atoms with Crippen LogP contribution in [0.15, 0.2) is 53.7 Å². The summed E-state index contributed by atoms with van der Waals surface area (Å²) in [5.74, 6) is -0.115. The van der Waals surface area contributed by atoms with Crippen LogP contribution >= 0.6 is 0 Å². The number of amides is 1. The molecule has 3 heterocycles. The van der Waals surface area contributed by atoms with Gasteiger partial charge in [-0.3, -0.25) is 9.59 Å². The minimum Gasteiger partial charge on any atom is -0.310 e. The number of carbonyl (C=O) groups excluding carboxylic acids is 1. The van der Waals surface area contributed by atoms with E-state index in [0.717, 1.165) is 17.7 Å². The SMILES string of the molecule is O=C(Cn1ncn2cccc2c1=O)N1CCc2ccccc21. The Bertz CT molecular complexity index is 925. The van der Waals surface area contributed by atoms with Crippen molar-refractivity contribution in [2.24, 2.45) is 0 Å². The highest BCUT2D eigenvalue weighted by molar-refractivity contribution is 5.95. The van der Waals surface area contributed by atoms with E-state index in [-0.39, 0.29) is 18.0 Å². The van der Waals surface area contributed by atoms with E-state index in [1.165, 1.54) is 4.68 Å². The molecule has 6 nitrogen and oxygen atoms in total. The largest absolute Gasteiger partial charge is 0.310 e. The number of fused-ring (bicyclic) bond motifs is 2. The number of nitrogens with zero attached hydrogens (tertiary/aromatic N) is 4. The maximum Gasteiger partial charge on any atom is 0.291 e. The smallest absolute Gasteiger partial charge is 0.291 e. The zero-order valence-corrected chi connectivity index (χ0v) is 11.8. The molecule has 0 atom stereocenters. The molecule has 1 amide bonds. The van der Waals surface area contributed by atoms with Crippen LogP contribution in [0.1, 0.15) is 5.56 Å². The van der Waals surface area contributed by atoms with E-state index >= 15 is 0 Å². The van der Waals surface area contributed by atoms with Crippen LogP contribution in [0.5, 0.6) is 0 Å². The van der Waals surface area contributed by atoms with Gasteiger partial charge in [-0.25, -0.2) is 4.68 Å². The first-order valence-electron chi connectivity index (χ1n) is 7.15. The molecule has 0 unspecified atom stereocenters. The Morgan fingerprint density at radius 1 is 1.18 bits per heavy atom. The number of rotatable bonds is 2. The zero-order valence-electron chi connectivity index (χ0n) is 11.8. The van der Waals surface area contributed by atoms with Crippen LogP contribution in [0.4, 0.5) is 5.69 Å². The fraction of sp³-hybridized carbons (Fsp3) is 0.188. The standard InChI is InChI=1S/C16H14N4O2/c21-15(19-9-7-12-4-1-2-5-13(12)19)10-20-16(22)14-6-3-8-18(14)11-17-20/h1-6,8,11H,7,9-10H2. The highest BCUT2D eigenvalue weighted by atomic mass is 16.2. The lowest BCUT2D eigenvalue weighted by molar-refractivity contribution is -0.119. The molecule has 0 saturated carbocycles. The summed E-state index contributed by atoms with van der Waals surface area (Å²) in [5, 5.41) is 4.07. The first-order valence-corrected chi connectivity index (χ1v) is 7.15. The highest BCUT2D eigenvalue weighted by Crippen LogP contribution is 2.27. The minimum absolute atomic E-state index is 0.0468. The topological polar surface area (TPSA) is 59.6 Å². The molecule has 4 rings (SSSR count). The van der Waals surface area contributed by atoms with Gasteiger partial charge in [0.05, 0.1) is 0 Å². The Hall–Kier alpha value is -2.89. The van der Waals surface area contributed by atoms with Crippen molar-refractivity contribution in [2.75, 3.05) is 11.4 Å². The summed E-state index contributed by atoms with van der Waals surface area (Å²) < 4.78 is 2.87. The molecule has 1 aliphatic heterocycles. The predicted octanol–water partition coefficient (Wildman–Crippen LogP) is 1.09. The van der Waals surface area contributed by atoms with Gasteiger partial charge in [0.2, 0.25) is 5.91 Å². The number of hydrogen-bond donors (Lipinski definition) is 0. The maximum atomic E-state index is 12.5. The van der Waals surface area contributed by atoms with Gasteiger partial charge in [0, 0.05) is 18.4 Å². The van der Waals surface area contributed by atoms with Gasteiger partial charge in [-0.2, -0.15) is 5.10 Å². The number of aromatic nitrogens is 3. The van der Waals surface area contributed by atoms with Crippen molar-refractivity contribution in [2.45, 2.75) is 13.0 Å². The Morgan fingerprint density at radius 2 is 2.05 bits per heavy atom. The van der Waals surface area contributed by atoms with E-state index in [0.29, 0.717) is 12.1 Å². The van der Waals surface area contributed by atoms with E-state index in [9.17, 15) is 9.59 Å². The van der Waals surface area contributed by atoms with Gasteiger partial charge in [0.15, 0.2) is 0 Å². The van der Waals surface area contributed by atoms with E-state index in [2.05, 4.69) is 5.10 Å². The van der Waals surface area contributed by atoms with Crippen LogP contribution in [-0.4, -0.2) is 26.6 Å². The molecule has 2 aromatic heterocycles. The minimum atomic E-state index is -0.256. The van der Waals surface area contributed by atoms with Crippen LogP contribution in [0, 0.1) is 0 Å². The van der Waals surface area contributed by atoms with Crippen molar-refractivity contribution in [1.29, 1.82) is 0 Å². The number of hydrogen-bond acceptors (Lipinski definition) is 3. The van der Waals surface area contributed by atoms with Crippen molar-refractivity contribution in [1.82, 2.24) is 14.2 Å². The van der Waals surface area contributed by atoms with Crippen molar-refractivity contribution in [3.8, 4) is 0 Å². The lowest BCUT2D eigenvalue weighted by Crippen LogP contribution is -2.36. The van der Waals surface area contributed by atoms with Gasteiger partial charge < -0.3 is 9.30 Å². The third kappa shape index (κ3) is 1.92. The Labute approximate surface area is 126 Å². The number of para-hydroxylation sites is 1. The van der Waals surface area contributed by atoms with Crippen LogP contribution < -0.4 is 10.5 Å². The van der Waals surface area contributed by atoms with Crippen LogP contribution in [-0.2, 0) is 17.8 Å². The molecule has 0 N–H and O–H groups in total. The number of carbonyl (C=O) groups is 1. The first kappa shape index (κ1) is 12.8. The molecule has 0 radical (unpaired) electrons. The monoisotopic (exact) mass is 294 g/mol. The second kappa shape index (κ2) is 4.84. The summed E-state index contributed by atoms with van der Waals surface area (Å²) in [6.45, 7) is 0.606. The summed E-state index contributed by atoms with van der Waals surface area (Å²) in [6.07, 6.45) is 4.15. The summed E-state index contributed by atoms with van der Waals surface area (Å²) in [5.41, 5.74) is 2.36. The molecule has 0 saturated heterocycles. The lowest BCUT2D eigenvalue weighted by Gasteiger charge is -2.17. The van der Waals surface area contributed by atoms with Gasteiger partial charge in [0.25, 0.3) is 5.56 Å². The van der Waals surface area contributed by atoms with Gasteiger partial charge in [-0.1, -0.05) is 18.2 Å². The van der Waals surface area contributed by atoms with Crippen molar-refractivity contribution in [3.63, 3.8) is 0 Å². The average Bonchev–Trinajstić information content (AvgIpc) is 3.16. The normalized spacial score (nSPS) is 13.5. The van der Waals surface area contributed by atoms with E-state index in [4.69, 9.17) is 0 Å². The Balaban J connectivity index is 1.64. The van der Waals surface area contributed by atoms with E-state index in [1.54, 1.807) is 34.0 Å². The lowest BCUT2D eigenvalue weighted by atomic mass is 10.2. The molecular weight excluding hydrogens is 280 g/mol. The van der Waals surface area contributed by atoms with Crippen LogP contribution in [0.3, 0.4) is 0 Å². The molecule has 22 heavy (non-hydrogen) atoms. The molecule has 0 bridgehead atoms. The third-order valence-electron chi connectivity index (χ3n) is 4.02. The second-order valence-corrected chi connectivity index (χ2v) is 5.32. The molecule has 3 aromatic rings. The molecular formula is C16H14N4O2. The fourth-order valence-corrected chi connectivity index (χ4v) is 2.90. The molecule has 0 aliphatic carbocycles. The molecule has 0 spiro atoms. The third-order valence-corrected chi connectivity index (χ3v) is 4.02. The summed E-state index contributed by atoms with van der Waals surface area (Å²) >= 11 is 0. The Kier molecular flexibility index (Phi) is 2.82. The van der Waals surface area contributed by atoms with Gasteiger partial charge in [0.1, 0.15) is 18.4 Å². The fourth-order valence-electron chi connectivity index (χ4n) is 2.90. The maximum absolute atomic E-state index is 12.5. The summed E-state index contributed by atoms with van der Waals surface area (Å²) in [6, 6.07) is 11.4. The zero-order chi connectivity index (χ0) is 15.1. The molecule has 110 valence electrons. The van der Waals surface area contributed by atoms with Gasteiger partial charge in [-0.05, 0) is 30.2 Å². The highest BCUT2D eigenvalue weighted by Gasteiger charge is 2.24. The molecule has 6 heteroatoms.